The van der Waals surface area contributed by atoms with E-state index in [9.17, 15) is 0 Å². The van der Waals surface area contributed by atoms with Crippen molar-refractivity contribution in [3.63, 3.8) is 0 Å². The van der Waals surface area contributed by atoms with Gasteiger partial charge in [-0.2, -0.15) is 0 Å². The van der Waals surface area contributed by atoms with Gasteiger partial charge < -0.3 is 4.90 Å². The Bertz CT molecular complexity index is 192. The fourth-order valence-electron chi connectivity index (χ4n) is 1.18. The van der Waals surface area contributed by atoms with E-state index in [4.69, 9.17) is 0 Å². The van der Waals surface area contributed by atoms with Crippen LogP contribution in [0.5, 0.6) is 0 Å². The second-order valence-corrected chi connectivity index (χ2v) is 3.36. The third-order valence-corrected chi connectivity index (χ3v) is 2.15. The van der Waals surface area contributed by atoms with E-state index < -0.39 is 0 Å². The van der Waals surface area contributed by atoms with Crippen LogP contribution in [0.4, 0.5) is 5.82 Å². The SMILES string of the molecule is CCCN(CCC)c1csnn1. The van der Waals surface area contributed by atoms with Crippen LogP contribution in [0.1, 0.15) is 26.7 Å². The van der Waals surface area contributed by atoms with Crippen molar-refractivity contribution < 1.29 is 0 Å². The molecule has 0 saturated carbocycles. The van der Waals surface area contributed by atoms with Crippen molar-refractivity contribution >= 4 is 17.4 Å². The van der Waals surface area contributed by atoms with Gasteiger partial charge in [0.1, 0.15) is 0 Å². The summed E-state index contributed by atoms with van der Waals surface area (Å²) in [5.41, 5.74) is 0. The maximum Gasteiger partial charge on any atom is 0.163 e. The second-order valence-electron chi connectivity index (χ2n) is 2.75. The van der Waals surface area contributed by atoms with Crippen molar-refractivity contribution in [1.29, 1.82) is 0 Å². The zero-order valence-corrected chi connectivity index (χ0v) is 8.47. The van der Waals surface area contributed by atoms with E-state index in [-0.39, 0.29) is 0 Å². The van der Waals surface area contributed by atoms with Gasteiger partial charge in [0.15, 0.2) is 5.82 Å². The molecule has 1 heterocycles. The Hall–Kier alpha value is -0.640. The molecular formula is C8H15N3S. The fourth-order valence-corrected chi connectivity index (χ4v) is 1.65. The molecule has 0 aromatic carbocycles. The van der Waals surface area contributed by atoms with Crippen molar-refractivity contribution in [3.05, 3.63) is 5.38 Å². The number of anilines is 1. The van der Waals surface area contributed by atoms with Crippen molar-refractivity contribution in [2.45, 2.75) is 26.7 Å². The van der Waals surface area contributed by atoms with Gasteiger partial charge in [0.05, 0.1) is 5.38 Å². The van der Waals surface area contributed by atoms with Crippen LogP contribution in [0.25, 0.3) is 0 Å². The zero-order valence-electron chi connectivity index (χ0n) is 7.66. The smallest absolute Gasteiger partial charge is 0.163 e. The molecule has 0 aliphatic heterocycles. The summed E-state index contributed by atoms with van der Waals surface area (Å²) in [6.45, 7) is 6.53. The molecule has 1 aromatic rings. The van der Waals surface area contributed by atoms with Crippen molar-refractivity contribution in [1.82, 2.24) is 9.59 Å². The first kappa shape index (κ1) is 9.45. The first-order chi connectivity index (χ1) is 5.88. The van der Waals surface area contributed by atoms with Crippen LogP contribution in [-0.4, -0.2) is 22.7 Å². The number of hydrogen-bond donors (Lipinski definition) is 0. The van der Waals surface area contributed by atoms with Gasteiger partial charge in [-0.25, -0.2) is 0 Å². The molecule has 0 spiro atoms. The average Bonchev–Trinajstić information content (AvgIpc) is 2.56. The molecule has 0 radical (unpaired) electrons. The molecule has 0 N–H and O–H groups in total. The molecule has 0 aliphatic rings. The third kappa shape index (κ3) is 2.44. The predicted molar refractivity (Wildman–Crippen MR) is 52.7 cm³/mol. The molecule has 0 atom stereocenters. The van der Waals surface area contributed by atoms with E-state index >= 15 is 0 Å². The Balaban J connectivity index is 2.53. The molecule has 0 amide bonds. The fraction of sp³-hybridized carbons (Fsp3) is 0.750. The van der Waals surface area contributed by atoms with E-state index in [1.807, 2.05) is 5.38 Å². The minimum absolute atomic E-state index is 1.03. The zero-order chi connectivity index (χ0) is 8.81. The van der Waals surface area contributed by atoms with Crippen molar-refractivity contribution in [2.24, 2.45) is 0 Å². The number of hydrogen-bond acceptors (Lipinski definition) is 4. The standard InChI is InChI=1S/C8H15N3S/c1-3-5-11(6-4-2)8-7-12-10-9-8/h7H,3-6H2,1-2H3. The highest BCUT2D eigenvalue weighted by molar-refractivity contribution is 7.03. The third-order valence-electron chi connectivity index (χ3n) is 1.66. The molecule has 4 heteroatoms. The summed E-state index contributed by atoms with van der Waals surface area (Å²) in [5.74, 6) is 1.03. The second kappa shape index (κ2) is 5.09. The van der Waals surface area contributed by atoms with Crippen LogP contribution in [0.3, 0.4) is 0 Å². The van der Waals surface area contributed by atoms with E-state index in [1.54, 1.807) is 0 Å². The molecule has 1 aromatic heterocycles. The van der Waals surface area contributed by atoms with E-state index in [2.05, 4.69) is 28.3 Å². The summed E-state index contributed by atoms with van der Waals surface area (Å²) < 4.78 is 3.86. The normalized spacial score (nSPS) is 10.2. The van der Waals surface area contributed by atoms with E-state index in [0.29, 0.717) is 0 Å². The number of rotatable bonds is 5. The quantitative estimate of drug-likeness (QED) is 0.704. The maximum absolute atomic E-state index is 4.05. The van der Waals surface area contributed by atoms with Crippen molar-refractivity contribution in [2.75, 3.05) is 18.0 Å². The van der Waals surface area contributed by atoms with Crippen LogP contribution >= 0.6 is 11.5 Å². The highest BCUT2D eigenvalue weighted by Crippen LogP contribution is 2.11. The van der Waals surface area contributed by atoms with E-state index in [1.165, 1.54) is 11.5 Å². The maximum atomic E-state index is 4.05. The van der Waals surface area contributed by atoms with Gasteiger partial charge in [0.25, 0.3) is 0 Å². The number of aromatic nitrogens is 2. The molecule has 0 bridgehead atoms. The first-order valence-electron chi connectivity index (χ1n) is 4.40. The van der Waals surface area contributed by atoms with E-state index in [0.717, 1.165) is 31.7 Å². The van der Waals surface area contributed by atoms with Gasteiger partial charge in [0, 0.05) is 13.1 Å². The lowest BCUT2D eigenvalue weighted by atomic mass is 10.3. The molecular weight excluding hydrogens is 170 g/mol. The summed E-state index contributed by atoms with van der Waals surface area (Å²) in [6, 6.07) is 0. The highest BCUT2D eigenvalue weighted by Gasteiger charge is 2.05. The Morgan fingerprint density at radius 2 is 2.00 bits per heavy atom. The Kier molecular flexibility index (Phi) is 4.00. The Morgan fingerprint density at radius 3 is 2.42 bits per heavy atom. The summed E-state index contributed by atoms with van der Waals surface area (Å²) in [5, 5.41) is 6.05. The van der Waals surface area contributed by atoms with Gasteiger partial charge in [-0.3, -0.25) is 0 Å². The predicted octanol–water partition coefficient (Wildman–Crippen LogP) is 2.16. The first-order valence-corrected chi connectivity index (χ1v) is 5.24. The van der Waals surface area contributed by atoms with Crippen LogP contribution in [0.2, 0.25) is 0 Å². The molecule has 0 aliphatic carbocycles. The summed E-state index contributed by atoms with van der Waals surface area (Å²) in [7, 11) is 0. The lowest BCUT2D eigenvalue weighted by molar-refractivity contribution is 0.732. The van der Waals surface area contributed by atoms with Crippen LogP contribution in [0, 0.1) is 0 Å². The van der Waals surface area contributed by atoms with Crippen LogP contribution in [-0.2, 0) is 0 Å². The molecule has 12 heavy (non-hydrogen) atoms. The molecule has 0 fully saturated rings. The average molecular weight is 185 g/mol. The lowest BCUT2D eigenvalue weighted by Gasteiger charge is -2.19. The van der Waals surface area contributed by atoms with Crippen molar-refractivity contribution in [3.8, 4) is 0 Å². The molecule has 0 saturated heterocycles. The van der Waals surface area contributed by atoms with Crippen LogP contribution in [0.15, 0.2) is 5.38 Å². The molecule has 1 rings (SSSR count). The number of nitrogens with zero attached hydrogens (tertiary/aromatic N) is 3. The Labute approximate surface area is 77.6 Å². The van der Waals surface area contributed by atoms with Gasteiger partial charge >= 0.3 is 0 Å². The minimum atomic E-state index is 1.03. The van der Waals surface area contributed by atoms with Gasteiger partial charge in [0.2, 0.25) is 0 Å². The molecule has 3 nitrogen and oxygen atoms in total. The lowest BCUT2D eigenvalue weighted by Crippen LogP contribution is -2.25. The van der Waals surface area contributed by atoms with Crippen LogP contribution < -0.4 is 4.90 Å². The molecule has 0 unspecified atom stereocenters. The monoisotopic (exact) mass is 185 g/mol. The topological polar surface area (TPSA) is 29.0 Å². The highest BCUT2D eigenvalue weighted by atomic mass is 32.1. The molecule has 68 valence electrons. The minimum Gasteiger partial charge on any atom is -0.354 e. The van der Waals surface area contributed by atoms with Gasteiger partial charge in [-0.1, -0.05) is 18.3 Å². The summed E-state index contributed by atoms with van der Waals surface area (Å²) >= 11 is 1.42. The Morgan fingerprint density at radius 1 is 1.33 bits per heavy atom. The van der Waals surface area contributed by atoms with Gasteiger partial charge in [-0.15, -0.1) is 5.10 Å². The largest absolute Gasteiger partial charge is 0.354 e. The van der Waals surface area contributed by atoms with Gasteiger partial charge in [-0.05, 0) is 24.4 Å². The summed E-state index contributed by atoms with van der Waals surface area (Å²) in [4.78, 5) is 2.28. The summed E-state index contributed by atoms with van der Waals surface area (Å²) in [6.07, 6.45) is 2.33.